The zero-order valence-corrected chi connectivity index (χ0v) is 24.4. The van der Waals surface area contributed by atoms with E-state index in [1.165, 1.54) is 24.6 Å². The number of anilines is 1. The molecule has 1 saturated heterocycles. The van der Waals surface area contributed by atoms with Crippen LogP contribution in [0.3, 0.4) is 0 Å². The molecule has 0 N–H and O–H groups in total. The minimum absolute atomic E-state index is 0.222. The van der Waals surface area contributed by atoms with Crippen LogP contribution in [-0.2, 0) is 11.4 Å². The minimum Gasteiger partial charge on any atom is -0.597 e. The monoisotopic (exact) mass is 565 g/mol. The van der Waals surface area contributed by atoms with Crippen LogP contribution in [0.25, 0.3) is 5.65 Å². The molecule has 1 saturated carbocycles. The van der Waals surface area contributed by atoms with E-state index in [2.05, 4.69) is 46.4 Å². The average Bonchev–Trinajstić information content (AvgIpc) is 3.49. The Hall–Kier alpha value is -1.16. The summed E-state index contributed by atoms with van der Waals surface area (Å²) in [7, 11) is 2.06. The van der Waals surface area contributed by atoms with E-state index in [-0.39, 0.29) is 10.2 Å². The van der Waals surface area contributed by atoms with E-state index in [9.17, 15) is 4.55 Å². The maximum absolute atomic E-state index is 13.2. The fourth-order valence-electron chi connectivity index (χ4n) is 5.84. The standard InChI is InChI=1S/C26H33Cl2N5OS2/c1-25(2,3)36(34)31(4)21-9-6-10-26(21)11-14-32(15-12-26)24-30-17-20(23-29-13-16-33(23)24)35-19-8-5-7-18(27)22(19)28/h5,7-8,13,16-17,21H,6,9-12,14-15H2,1-4H3. The summed E-state index contributed by atoms with van der Waals surface area (Å²) in [5, 5.41) is 1.08. The lowest BCUT2D eigenvalue weighted by Gasteiger charge is -2.46. The molecule has 6 nitrogen and oxygen atoms in total. The molecule has 194 valence electrons. The molecule has 36 heavy (non-hydrogen) atoms. The van der Waals surface area contributed by atoms with E-state index >= 15 is 0 Å². The molecule has 0 bridgehead atoms. The molecule has 2 fully saturated rings. The van der Waals surface area contributed by atoms with Crippen molar-refractivity contribution in [1.82, 2.24) is 18.7 Å². The third-order valence-corrected chi connectivity index (χ3v) is 11.5. The first kappa shape index (κ1) is 26.4. The Bertz CT molecular complexity index is 1240. The molecule has 2 atom stereocenters. The third kappa shape index (κ3) is 4.85. The Morgan fingerprint density at radius 2 is 1.89 bits per heavy atom. The van der Waals surface area contributed by atoms with Gasteiger partial charge < -0.3 is 9.45 Å². The van der Waals surface area contributed by atoms with Crippen molar-refractivity contribution in [2.24, 2.45) is 5.41 Å². The first-order valence-electron chi connectivity index (χ1n) is 12.4. The topological polar surface area (TPSA) is 59.7 Å². The number of imidazole rings is 1. The quantitative estimate of drug-likeness (QED) is 0.320. The van der Waals surface area contributed by atoms with Gasteiger partial charge in [-0.05, 0) is 64.0 Å². The van der Waals surface area contributed by atoms with Crippen LogP contribution in [0.15, 0.2) is 46.6 Å². The number of rotatable bonds is 5. The van der Waals surface area contributed by atoms with Crippen LogP contribution in [0.1, 0.15) is 52.9 Å². The van der Waals surface area contributed by atoms with E-state index in [4.69, 9.17) is 28.2 Å². The highest BCUT2D eigenvalue weighted by Gasteiger charge is 2.51. The van der Waals surface area contributed by atoms with Gasteiger partial charge in [0.05, 0.1) is 21.0 Å². The fourth-order valence-corrected chi connectivity index (χ4v) is 8.67. The van der Waals surface area contributed by atoms with Gasteiger partial charge >= 0.3 is 0 Å². The van der Waals surface area contributed by atoms with Crippen LogP contribution in [0.2, 0.25) is 10.0 Å². The largest absolute Gasteiger partial charge is 0.597 e. The summed E-state index contributed by atoms with van der Waals surface area (Å²) < 4.78 is 17.2. The Balaban J connectivity index is 1.35. The number of fused-ring (bicyclic) bond motifs is 1. The second-order valence-corrected chi connectivity index (χ2v) is 15.0. The van der Waals surface area contributed by atoms with Crippen molar-refractivity contribution in [1.29, 1.82) is 0 Å². The van der Waals surface area contributed by atoms with Crippen molar-refractivity contribution in [2.75, 3.05) is 25.0 Å². The number of benzene rings is 1. The predicted octanol–water partition coefficient (Wildman–Crippen LogP) is 6.72. The number of hydrogen-bond donors (Lipinski definition) is 0. The zero-order valence-electron chi connectivity index (χ0n) is 21.2. The summed E-state index contributed by atoms with van der Waals surface area (Å²) in [5.74, 6) is 0.917. The maximum atomic E-state index is 13.2. The molecule has 5 rings (SSSR count). The average molecular weight is 567 g/mol. The van der Waals surface area contributed by atoms with E-state index in [0.29, 0.717) is 16.1 Å². The summed E-state index contributed by atoms with van der Waals surface area (Å²) in [6, 6.07) is 6.01. The van der Waals surface area contributed by atoms with Gasteiger partial charge in [-0.25, -0.2) is 9.97 Å². The lowest BCUT2D eigenvalue weighted by atomic mass is 9.74. The van der Waals surface area contributed by atoms with Crippen molar-refractivity contribution in [3.63, 3.8) is 0 Å². The summed E-state index contributed by atoms with van der Waals surface area (Å²) in [6.07, 6.45) is 11.4. The van der Waals surface area contributed by atoms with Gasteiger partial charge in [0.2, 0.25) is 5.95 Å². The molecule has 2 aromatic heterocycles. The molecule has 1 spiro atoms. The van der Waals surface area contributed by atoms with Gasteiger partial charge in [-0.2, -0.15) is 0 Å². The fraction of sp³-hybridized carbons (Fsp3) is 0.538. The first-order chi connectivity index (χ1) is 17.1. The number of hydrogen-bond acceptors (Lipinski definition) is 6. The first-order valence-corrected chi connectivity index (χ1v) is 15.1. The van der Waals surface area contributed by atoms with E-state index in [0.717, 1.165) is 53.7 Å². The van der Waals surface area contributed by atoms with Crippen molar-refractivity contribution in [2.45, 2.75) is 73.5 Å². The lowest BCUT2D eigenvalue weighted by Crippen LogP contribution is -2.54. The molecular formula is C26H33Cl2N5OS2. The summed E-state index contributed by atoms with van der Waals surface area (Å²) in [6.45, 7) is 8.05. The number of piperidine rings is 1. The van der Waals surface area contributed by atoms with E-state index in [1.54, 1.807) is 6.07 Å². The molecule has 1 aromatic carbocycles. The van der Waals surface area contributed by atoms with Crippen LogP contribution < -0.4 is 4.90 Å². The third-order valence-electron chi connectivity index (χ3n) is 7.64. The summed E-state index contributed by atoms with van der Waals surface area (Å²) in [4.78, 5) is 13.7. The van der Waals surface area contributed by atoms with Crippen molar-refractivity contribution < 1.29 is 4.55 Å². The molecule has 10 heteroatoms. The van der Waals surface area contributed by atoms with Gasteiger partial charge in [-0.1, -0.05) is 47.5 Å². The van der Waals surface area contributed by atoms with Gasteiger partial charge in [-0.3, -0.25) is 4.40 Å². The van der Waals surface area contributed by atoms with E-state index in [1.807, 2.05) is 30.7 Å². The minimum atomic E-state index is -1.01. The second kappa shape index (κ2) is 10.2. The van der Waals surface area contributed by atoms with Crippen LogP contribution in [0, 0.1) is 5.41 Å². The molecule has 2 aliphatic rings. The molecule has 1 aliphatic carbocycles. The van der Waals surface area contributed by atoms with Crippen LogP contribution >= 0.6 is 35.0 Å². The van der Waals surface area contributed by atoms with E-state index < -0.39 is 11.4 Å². The Kier molecular flexibility index (Phi) is 7.49. The molecule has 3 heterocycles. The zero-order chi connectivity index (χ0) is 25.7. The second-order valence-electron chi connectivity index (χ2n) is 10.9. The summed E-state index contributed by atoms with van der Waals surface area (Å²) in [5.41, 5.74) is 1.08. The Morgan fingerprint density at radius 3 is 2.61 bits per heavy atom. The molecule has 1 aliphatic heterocycles. The molecule has 0 radical (unpaired) electrons. The predicted molar refractivity (Wildman–Crippen MR) is 151 cm³/mol. The van der Waals surface area contributed by atoms with Gasteiger partial charge in [0.1, 0.15) is 4.75 Å². The number of halogens is 2. The highest BCUT2D eigenvalue weighted by atomic mass is 35.5. The van der Waals surface area contributed by atoms with Crippen LogP contribution in [-0.4, -0.2) is 54.2 Å². The summed E-state index contributed by atoms with van der Waals surface area (Å²) >= 11 is 13.2. The molecule has 0 amide bonds. The van der Waals surface area contributed by atoms with Crippen molar-refractivity contribution >= 4 is 57.9 Å². The highest BCUT2D eigenvalue weighted by Crippen LogP contribution is 2.50. The highest BCUT2D eigenvalue weighted by molar-refractivity contribution is 7.99. The van der Waals surface area contributed by atoms with Gasteiger partial charge in [0.15, 0.2) is 5.65 Å². The number of aromatic nitrogens is 3. The van der Waals surface area contributed by atoms with Gasteiger partial charge in [0, 0.05) is 55.0 Å². The maximum Gasteiger partial charge on any atom is 0.211 e. The Labute approximate surface area is 231 Å². The molecular weight excluding hydrogens is 533 g/mol. The smallest absolute Gasteiger partial charge is 0.211 e. The normalized spacial score (nSPS) is 21.1. The SMILES string of the molecule is CN(C1CCCC12CCN(c1ncc(Sc3cccc(Cl)c3Cl)c3nccn13)CC2)[S+]([O-])C(C)(C)C. The van der Waals surface area contributed by atoms with Crippen molar-refractivity contribution in [3.05, 3.63) is 46.8 Å². The van der Waals surface area contributed by atoms with Gasteiger partial charge in [-0.15, -0.1) is 4.31 Å². The molecule has 3 aromatic rings. The van der Waals surface area contributed by atoms with Crippen molar-refractivity contribution in [3.8, 4) is 0 Å². The molecule has 2 unspecified atom stereocenters. The van der Waals surface area contributed by atoms with Gasteiger partial charge in [0.25, 0.3) is 0 Å². The Morgan fingerprint density at radius 1 is 1.14 bits per heavy atom. The van der Waals surface area contributed by atoms with Crippen LogP contribution in [0.4, 0.5) is 5.95 Å². The number of nitrogens with zero attached hydrogens (tertiary/aromatic N) is 5. The lowest BCUT2D eigenvalue weighted by molar-refractivity contribution is 0.130. The van der Waals surface area contributed by atoms with Crippen LogP contribution in [0.5, 0.6) is 0 Å².